The highest BCUT2D eigenvalue weighted by Gasteiger charge is 2.13. The molecule has 1 unspecified atom stereocenters. The molecule has 0 aromatic rings. The topological polar surface area (TPSA) is 49.4 Å². The van der Waals surface area contributed by atoms with Crippen LogP contribution in [-0.2, 0) is 10.0 Å². The van der Waals surface area contributed by atoms with Gasteiger partial charge in [-0.25, -0.2) is 13.1 Å². The third-order valence-corrected chi connectivity index (χ3v) is 3.35. The number of rotatable bonds is 5. The summed E-state index contributed by atoms with van der Waals surface area (Å²) in [6, 6.07) is 0.472. The minimum Gasteiger partial charge on any atom is -0.299 e. The van der Waals surface area contributed by atoms with Crippen molar-refractivity contribution in [2.24, 2.45) is 0 Å². The Morgan fingerprint density at radius 1 is 1.53 bits per heavy atom. The lowest BCUT2D eigenvalue weighted by Gasteiger charge is -2.27. The van der Waals surface area contributed by atoms with Crippen molar-refractivity contribution in [1.29, 1.82) is 0 Å². The first-order chi connectivity index (χ1) is 6.99. The number of nitrogens with one attached hydrogen (secondary N) is 1. The van der Waals surface area contributed by atoms with Crippen molar-refractivity contribution in [2.75, 3.05) is 26.4 Å². The molecular weight excluding hydrogens is 212 g/mol. The van der Waals surface area contributed by atoms with Crippen LogP contribution in [0.2, 0.25) is 0 Å². The quantitative estimate of drug-likeness (QED) is 0.705. The van der Waals surface area contributed by atoms with E-state index >= 15 is 0 Å². The fourth-order valence-corrected chi connectivity index (χ4v) is 2.20. The molecule has 1 aliphatic rings. The van der Waals surface area contributed by atoms with Crippen LogP contribution in [0, 0.1) is 0 Å². The van der Waals surface area contributed by atoms with Crippen molar-refractivity contribution in [3.05, 3.63) is 12.2 Å². The van der Waals surface area contributed by atoms with Crippen LogP contribution >= 0.6 is 0 Å². The minimum absolute atomic E-state index is 0.472. The number of hydrogen-bond donors (Lipinski definition) is 1. The summed E-state index contributed by atoms with van der Waals surface area (Å²) in [6.07, 6.45) is 9.18. The first-order valence-electron chi connectivity index (χ1n) is 5.30. The van der Waals surface area contributed by atoms with Crippen LogP contribution < -0.4 is 4.72 Å². The van der Waals surface area contributed by atoms with E-state index in [1.165, 1.54) is 25.5 Å². The van der Waals surface area contributed by atoms with Crippen LogP contribution in [0.25, 0.3) is 0 Å². The Bertz CT molecular complexity index is 311. The Labute approximate surface area is 92.4 Å². The normalized spacial score (nSPS) is 22.2. The third kappa shape index (κ3) is 5.30. The van der Waals surface area contributed by atoms with E-state index in [2.05, 4.69) is 21.8 Å². The summed E-state index contributed by atoms with van der Waals surface area (Å²) in [6.45, 7) is 1.24. The van der Waals surface area contributed by atoms with Crippen LogP contribution in [0.15, 0.2) is 12.2 Å². The average Bonchev–Trinajstić information content (AvgIpc) is 2.17. The van der Waals surface area contributed by atoms with E-state index in [4.69, 9.17) is 0 Å². The Balaban J connectivity index is 2.26. The van der Waals surface area contributed by atoms with E-state index in [-0.39, 0.29) is 0 Å². The van der Waals surface area contributed by atoms with E-state index in [1.807, 2.05) is 7.05 Å². The smallest absolute Gasteiger partial charge is 0.208 e. The Hall–Kier alpha value is -0.390. The first-order valence-corrected chi connectivity index (χ1v) is 7.20. The van der Waals surface area contributed by atoms with Gasteiger partial charge in [0, 0.05) is 19.1 Å². The summed E-state index contributed by atoms with van der Waals surface area (Å²) in [5.41, 5.74) is 0. The van der Waals surface area contributed by atoms with Gasteiger partial charge < -0.3 is 0 Å². The zero-order chi connectivity index (χ0) is 11.3. The fraction of sp³-hybridized carbons (Fsp3) is 0.800. The summed E-state index contributed by atoms with van der Waals surface area (Å²) in [5.74, 6) is 0. The molecule has 5 heteroatoms. The van der Waals surface area contributed by atoms with Crippen molar-refractivity contribution < 1.29 is 8.42 Å². The molecule has 1 N–H and O–H groups in total. The highest BCUT2D eigenvalue weighted by atomic mass is 32.2. The van der Waals surface area contributed by atoms with Gasteiger partial charge in [0.1, 0.15) is 0 Å². The van der Waals surface area contributed by atoms with Crippen molar-refractivity contribution in [2.45, 2.75) is 25.3 Å². The monoisotopic (exact) mass is 232 g/mol. The molecule has 1 rings (SSSR count). The summed E-state index contributed by atoms with van der Waals surface area (Å²) < 4.78 is 24.2. The maximum absolute atomic E-state index is 10.8. The lowest BCUT2D eigenvalue weighted by Crippen LogP contribution is -2.38. The predicted octanol–water partition coefficient (Wildman–Crippen LogP) is 0.576. The standard InChI is InChI=1S/C10H20N2O2S/c1-12(9-8-11-15(2,13)14)10-6-4-3-5-7-10/h4,6,10-11H,3,5,7-9H2,1-2H3. The molecular formula is C10H20N2O2S. The third-order valence-electron chi connectivity index (χ3n) is 2.62. The molecule has 0 aliphatic heterocycles. The van der Waals surface area contributed by atoms with Gasteiger partial charge in [0.05, 0.1) is 6.26 Å². The molecule has 15 heavy (non-hydrogen) atoms. The molecule has 1 atom stereocenters. The first kappa shape index (κ1) is 12.7. The van der Waals surface area contributed by atoms with Crippen LogP contribution in [-0.4, -0.2) is 45.8 Å². The zero-order valence-electron chi connectivity index (χ0n) is 9.44. The second-order valence-corrected chi connectivity index (χ2v) is 5.91. The fourth-order valence-electron chi connectivity index (χ4n) is 1.73. The predicted molar refractivity (Wildman–Crippen MR) is 62.3 cm³/mol. The maximum atomic E-state index is 10.8. The van der Waals surface area contributed by atoms with Crippen LogP contribution in [0.1, 0.15) is 19.3 Å². The number of sulfonamides is 1. The van der Waals surface area contributed by atoms with Gasteiger partial charge in [0.2, 0.25) is 10.0 Å². The molecule has 0 spiro atoms. The summed E-state index contributed by atoms with van der Waals surface area (Å²) in [5, 5.41) is 0. The number of likely N-dealkylation sites (N-methyl/N-ethyl adjacent to an activating group) is 1. The lowest BCUT2D eigenvalue weighted by molar-refractivity contribution is 0.266. The van der Waals surface area contributed by atoms with E-state index in [0.29, 0.717) is 12.6 Å². The number of allylic oxidation sites excluding steroid dienone is 1. The SMILES string of the molecule is CN(CCNS(C)(=O)=O)C1C=CCCC1. The highest BCUT2D eigenvalue weighted by Crippen LogP contribution is 2.14. The zero-order valence-corrected chi connectivity index (χ0v) is 10.3. The van der Waals surface area contributed by atoms with Gasteiger partial charge in [-0.15, -0.1) is 0 Å². The maximum Gasteiger partial charge on any atom is 0.208 e. The Morgan fingerprint density at radius 2 is 2.27 bits per heavy atom. The van der Waals surface area contributed by atoms with Crippen molar-refractivity contribution in [3.63, 3.8) is 0 Å². The molecule has 0 saturated carbocycles. The second-order valence-electron chi connectivity index (χ2n) is 4.07. The van der Waals surface area contributed by atoms with Crippen molar-refractivity contribution in [1.82, 2.24) is 9.62 Å². The molecule has 1 aliphatic carbocycles. The molecule has 0 amide bonds. The van der Waals surface area contributed by atoms with Crippen molar-refractivity contribution >= 4 is 10.0 Å². The molecule has 0 radical (unpaired) electrons. The summed E-state index contributed by atoms with van der Waals surface area (Å²) in [7, 11) is -1.01. The van der Waals surface area contributed by atoms with Gasteiger partial charge in [0.15, 0.2) is 0 Å². The van der Waals surface area contributed by atoms with Gasteiger partial charge in [-0.05, 0) is 26.3 Å². The van der Waals surface area contributed by atoms with E-state index in [0.717, 1.165) is 6.54 Å². The van der Waals surface area contributed by atoms with E-state index < -0.39 is 10.0 Å². The highest BCUT2D eigenvalue weighted by molar-refractivity contribution is 7.88. The molecule has 0 aromatic carbocycles. The van der Waals surface area contributed by atoms with Gasteiger partial charge in [-0.3, -0.25) is 4.90 Å². The molecule has 4 nitrogen and oxygen atoms in total. The molecule has 0 saturated heterocycles. The average molecular weight is 232 g/mol. The largest absolute Gasteiger partial charge is 0.299 e. The van der Waals surface area contributed by atoms with Crippen LogP contribution in [0.3, 0.4) is 0 Å². The molecule has 0 heterocycles. The molecule has 0 fully saturated rings. The number of hydrogen-bond acceptors (Lipinski definition) is 3. The van der Waals surface area contributed by atoms with E-state index in [9.17, 15) is 8.42 Å². The second kappa shape index (κ2) is 5.63. The summed E-state index contributed by atoms with van der Waals surface area (Å²) in [4.78, 5) is 2.19. The van der Waals surface area contributed by atoms with Gasteiger partial charge in [-0.1, -0.05) is 12.2 Å². The van der Waals surface area contributed by atoms with Gasteiger partial charge in [0.25, 0.3) is 0 Å². The van der Waals surface area contributed by atoms with Crippen molar-refractivity contribution in [3.8, 4) is 0 Å². The summed E-state index contributed by atoms with van der Waals surface area (Å²) >= 11 is 0. The number of nitrogens with zero attached hydrogens (tertiary/aromatic N) is 1. The van der Waals surface area contributed by atoms with Gasteiger partial charge in [-0.2, -0.15) is 0 Å². The molecule has 0 bridgehead atoms. The van der Waals surface area contributed by atoms with Crippen LogP contribution in [0.4, 0.5) is 0 Å². The minimum atomic E-state index is -3.05. The lowest BCUT2D eigenvalue weighted by atomic mass is 10.0. The Morgan fingerprint density at radius 3 is 2.80 bits per heavy atom. The Kier molecular flexibility index (Phi) is 4.76. The van der Waals surface area contributed by atoms with E-state index in [1.54, 1.807) is 0 Å². The molecule has 88 valence electrons. The van der Waals surface area contributed by atoms with Crippen LogP contribution in [0.5, 0.6) is 0 Å². The molecule has 0 aromatic heterocycles. The van der Waals surface area contributed by atoms with Gasteiger partial charge >= 0.3 is 0 Å².